The van der Waals surface area contributed by atoms with Gasteiger partial charge in [-0.15, -0.1) is 11.3 Å². The molecule has 32 heavy (non-hydrogen) atoms. The van der Waals surface area contributed by atoms with Crippen molar-refractivity contribution in [3.8, 4) is 0 Å². The summed E-state index contributed by atoms with van der Waals surface area (Å²) in [5.74, 6) is -1.19. The molecular formula is C23H22N2O5S2. The minimum absolute atomic E-state index is 0.0310. The summed E-state index contributed by atoms with van der Waals surface area (Å²) in [5, 5.41) is 4.58. The molecule has 2 aromatic carbocycles. The lowest BCUT2D eigenvalue weighted by Crippen LogP contribution is -2.34. The second-order valence-electron chi connectivity index (χ2n) is 7.37. The van der Waals surface area contributed by atoms with E-state index in [2.05, 4.69) is 16.1 Å². The Morgan fingerprint density at radius 2 is 1.81 bits per heavy atom. The van der Waals surface area contributed by atoms with Crippen LogP contribution in [0.15, 0.2) is 70.3 Å². The van der Waals surface area contributed by atoms with Crippen molar-refractivity contribution in [3.05, 3.63) is 82.7 Å². The topological polar surface area (TPSA) is 102 Å². The highest BCUT2D eigenvalue weighted by Gasteiger charge is 2.23. The SMILES string of the molecule is O=C(COC(=O)c1ccccc1NS(=O)(=O)c1cccs1)N[C@@H]1CCCc2ccccc21. The number of hydrogen-bond donors (Lipinski definition) is 2. The molecule has 1 aliphatic rings. The number of thiophene rings is 1. The van der Waals surface area contributed by atoms with Gasteiger partial charge in [-0.3, -0.25) is 9.52 Å². The van der Waals surface area contributed by atoms with Crippen LogP contribution >= 0.6 is 11.3 Å². The predicted octanol–water partition coefficient (Wildman–Crippen LogP) is 3.90. The highest BCUT2D eigenvalue weighted by atomic mass is 32.2. The molecule has 7 nitrogen and oxygen atoms in total. The molecular weight excluding hydrogens is 448 g/mol. The molecule has 0 spiro atoms. The van der Waals surface area contributed by atoms with Gasteiger partial charge in [0, 0.05) is 0 Å². The third-order valence-corrected chi connectivity index (χ3v) is 7.95. The Balaban J connectivity index is 1.39. The van der Waals surface area contributed by atoms with Crippen molar-refractivity contribution in [1.29, 1.82) is 0 Å². The summed E-state index contributed by atoms with van der Waals surface area (Å²) >= 11 is 1.07. The van der Waals surface area contributed by atoms with Crippen LogP contribution in [0.4, 0.5) is 5.69 Å². The van der Waals surface area contributed by atoms with Crippen LogP contribution < -0.4 is 10.0 Å². The molecule has 0 saturated carbocycles. The van der Waals surface area contributed by atoms with Crippen molar-refractivity contribution in [1.82, 2.24) is 5.32 Å². The van der Waals surface area contributed by atoms with Crippen molar-refractivity contribution < 1.29 is 22.7 Å². The number of para-hydroxylation sites is 1. The molecule has 1 atom stereocenters. The van der Waals surface area contributed by atoms with Gasteiger partial charge in [-0.25, -0.2) is 13.2 Å². The number of nitrogens with one attached hydrogen (secondary N) is 2. The Labute approximate surface area is 190 Å². The first-order valence-electron chi connectivity index (χ1n) is 10.1. The molecule has 4 rings (SSSR count). The van der Waals surface area contributed by atoms with Crippen molar-refractivity contribution in [2.45, 2.75) is 29.5 Å². The fourth-order valence-electron chi connectivity index (χ4n) is 3.71. The second kappa shape index (κ2) is 9.54. The summed E-state index contributed by atoms with van der Waals surface area (Å²) in [4.78, 5) is 25.0. The van der Waals surface area contributed by atoms with E-state index in [1.807, 2.05) is 18.2 Å². The zero-order chi connectivity index (χ0) is 22.6. The molecule has 1 amide bonds. The van der Waals surface area contributed by atoms with E-state index >= 15 is 0 Å². The second-order valence-corrected chi connectivity index (χ2v) is 10.2. The summed E-state index contributed by atoms with van der Waals surface area (Å²) in [7, 11) is -3.82. The maximum atomic E-state index is 12.6. The largest absolute Gasteiger partial charge is 0.452 e. The minimum atomic E-state index is -3.82. The Kier molecular flexibility index (Phi) is 6.57. The number of aryl methyl sites for hydroxylation is 1. The van der Waals surface area contributed by atoms with Gasteiger partial charge in [0.05, 0.1) is 17.3 Å². The van der Waals surface area contributed by atoms with E-state index in [4.69, 9.17) is 4.74 Å². The average Bonchev–Trinajstić information content (AvgIpc) is 3.34. The highest BCUT2D eigenvalue weighted by molar-refractivity contribution is 7.94. The van der Waals surface area contributed by atoms with Crippen LogP contribution in [0.3, 0.4) is 0 Å². The van der Waals surface area contributed by atoms with E-state index < -0.39 is 28.5 Å². The third-order valence-electron chi connectivity index (χ3n) is 5.19. The first-order valence-corrected chi connectivity index (χ1v) is 12.5. The van der Waals surface area contributed by atoms with E-state index in [1.165, 1.54) is 23.8 Å². The van der Waals surface area contributed by atoms with E-state index in [9.17, 15) is 18.0 Å². The number of ether oxygens (including phenoxy) is 1. The molecule has 1 heterocycles. The van der Waals surface area contributed by atoms with Gasteiger partial charge in [-0.05, 0) is 54.0 Å². The fraction of sp³-hybridized carbons (Fsp3) is 0.217. The van der Waals surface area contributed by atoms with Crippen LogP contribution in [0.1, 0.15) is 40.4 Å². The molecule has 1 aliphatic carbocycles. The van der Waals surface area contributed by atoms with E-state index in [1.54, 1.807) is 23.6 Å². The van der Waals surface area contributed by atoms with Gasteiger partial charge in [-0.1, -0.05) is 42.5 Å². The van der Waals surface area contributed by atoms with Crippen molar-refractivity contribution in [2.75, 3.05) is 11.3 Å². The summed E-state index contributed by atoms with van der Waals surface area (Å²) < 4.78 is 32.7. The fourth-order valence-corrected chi connectivity index (χ4v) is 5.78. The van der Waals surface area contributed by atoms with Crippen LogP contribution in [0.2, 0.25) is 0 Å². The molecule has 2 N–H and O–H groups in total. The number of carbonyl (C=O) groups is 2. The van der Waals surface area contributed by atoms with E-state index in [0.29, 0.717) is 0 Å². The number of benzene rings is 2. The molecule has 0 aliphatic heterocycles. The third kappa shape index (κ3) is 5.00. The summed E-state index contributed by atoms with van der Waals surface area (Å²) in [5.41, 5.74) is 2.43. The van der Waals surface area contributed by atoms with Gasteiger partial charge in [-0.2, -0.15) is 0 Å². The normalized spacial score (nSPS) is 15.4. The standard InChI is InChI=1S/C23H22N2O5S2/c26-21(24-19-12-5-8-16-7-1-2-9-17(16)19)15-30-23(27)18-10-3-4-11-20(18)25-32(28,29)22-13-6-14-31-22/h1-4,6-7,9-11,13-14,19,25H,5,8,12,15H2,(H,24,26)/t19-/m1/s1. The lowest BCUT2D eigenvalue weighted by Gasteiger charge is -2.26. The Morgan fingerprint density at radius 1 is 1.03 bits per heavy atom. The van der Waals surface area contributed by atoms with Gasteiger partial charge in [0.2, 0.25) is 0 Å². The number of sulfonamides is 1. The van der Waals surface area contributed by atoms with Gasteiger partial charge in [0.1, 0.15) is 4.21 Å². The van der Waals surface area contributed by atoms with E-state index in [0.717, 1.165) is 36.2 Å². The maximum absolute atomic E-state index is 12.6. The molecule has 0 unspecified atom stereocenters. The summed E-state index contributed by atoms with van der Waals surface area (Å²) in [6, 6.07) is 17.1. The number of carbonyl (C=O) groups excluding carboxylic acids is 2. The molecule has 166 valence electrons. The smallest absolute Gasteiger partial charge is 0.340 e. The van der Waals surface area contributed by atoms with Crippen LogP contribution in [0.5, 0.6) is 0 Å². The monoisotopic (exact) mass is 470 g/mol. The maximum Gasteiger partial charge on any atom is 0.340 e. The van der Waals surface area contributed by atoms with Crippen molar-refractivity contribution >= 4 is 38.9 Å². The Bertz CT molecular complexity index is 1220. The van der Waals surface area contributed by atoms with Crippen molar-refractivity contribution in [3.63, 3.8) is 0 Å². The molecule has 0 bridgehead atoms. The first kappa shape index (κ1) is 22.0. The Hall–Kier alpha value is -3.17. The molecule has 1 aromatic heterocycles. The van der Waals surface area contributed by atoms with Crippen LogP contribution in [-0.4, -0.2) is 26.9 Å². The molecule has 0 radical (unpaired) electrons. The minimum Gasteiger partial charge on any atom is -0.452 e. The van der Waals surface area contributed by atoms with Crippen LogP contribution in [0, 0.1) is 0 Å². The predicted molar refractivity (Wildman–Crippen MR) is 122 cm³/mol. The zero-order valence-electron chi connectivity index (χ0n) is 17.1. The number of esters is 1. The summed E-state index contributed by atoms with van der Waals surface area (Å²) in [6.45, 7) is -0.455. The molecule has 3 aromatic rings. The number of amides is 1. The van der Waals surface area contributed by atoms with Crippen molar-refractivity contribution in [2.24, 2.45) is 0 Å². The quantitative estimate of drug-likeness (QED) is 0.510. The number of anilines is 1. The Morgan fingerprint density at radius 3 is 2.62 bits per heavy atom. The number of hydrogen-bond acceptors (Lipinski definition) is 6. The first-order chi connectivity index (χ1) is 15.4. The molecule has 0 fully saturated rings. The lowest BCUT2D eigenvalue weighted by molar-refractivity contribution is -0.125. The average molecular weight is 471 g/mol. The molecule has 9 heteroatoms. The van der Waals surface area contributed by atoms with Gasteiger partial charge in [0.15, 0.2) is 6.61 Å². The van der Waals surface area contributed by atoms with Gasteiger partial charge in [0.25, 0.3) is 15.9 Å². The molecule has 0 saturated heterocycles. The lowest BCUT2D eigenvalue weighted by atomic mass is 9.88. The van der Waals surface area contributed by atoms with Crippen LogP contribution in [-0.2, 0) is 26.0 Å². The zero-order valence-corrected chi connectivity index (χ0v) is 18.7. The number of fused-ring (bicyclic) bond motifs is 1. The van der Waals surface area contributed by atoms with Crippen LogP contribution in [0.25, 0.3) is 0 Å². The summed E-state index contributed by atoms with van der Waals surface area (Å²) in [6.07, 6.45) is 2.78. The van der Waals surface area contributed by atoms with Gasteiger partial charge < -0.3 is 10.1 Å². The highest BCUT2D eigenvalue weighted by Crippen LogP contribution is 2.29. The number of rotatable bonds is 7. The van der Waals surface area contributed by atoms with E-state index in [-0.39, 0.29) is 21.5 Å². The van der Waals surface area contributed by atoms with Gasteiger partial charge >= 0.3 is 5.97 Å².